The molecule has 2 unspecified atom stereocenters. The van der Waals surface area contributed by atoms with Gasteiger partial charge in [0.2, 0.25) is 0 Å². The lowest BCUT2D eigenvalue weighted by molar-refractivity contribution is 0.232. The molecule has 0 bridgehead atoms. The molecule has 35 heavy (non-hydrogen) atoms. The lowest BCUT2D eigenvalue weighted by Crippen LogP contribution is -2.37. The standard InChI is InChI=1S/C31H33ClN2O/c1-3-34(31(26-17-19-27(32)20-18-26)28-11-7-8-12-29(28)35)22-21-33-30(24-9-5-4-6-10-24)25-15-13-23(2)14-16-25/h4-20,30-31,33,35H,3,21-22H2,1-2H3. The highest BCUT2D eigenvalue weighted by Crippen LogP contribution is 2.34. The third-order valence-corrected chi connectivity index (χ3v) is 6.73. The third kappa shape index (κ3) is 6.32. The van der Waals surface area contributed by atoms with E-state index in [1.54, 1.807) is 6.07 Å². The van der Waals surface area contributed by atoms with E-state index in [4.69, 9.17) is 11.6 Å². The molecular formula is C31H33ClN2O. The first kappa shape index (κ1) is 25.0. The number of likely N-dealkylation sites (N-methyl/N-ethyl adjacent to an activating group) is 1. The summed E-state index contributed by atoms with van der Waals surface area (Å²) in [5, 5.41) is 15.2. The van der Waals surface area contributed by atoms with Gasteiger partial charge < -0.3 is 10.4 Å². The molecule has 0 heterocycles. The average Bonchev–Trinajstić information content (AvgIpc) is 2.89. The molecule has 4 heteroatoms. The number of aryl methyl sites for hydroxylation is 1. The number of para-hydroxylation sites is 1. The fraction of sp³-hybridized carbons (Fsp3) is 0.226. The number of phenols is 1. The maximum atomic E-state index is 10.7. The van der Waals surface area contributed by atoms with Crippen molar-refractivity contribution in [1.29, 1.82) is 0 Å². The number of benzene rings is 4. The quantitative estimate of drug-likeness (QED) is 0.251. The molecule has 0 aliphatic rings. The molecule has 0 aliphatic carbocycles. The smallest absolute Gasteiger partial charge is 0.120 e. The van der Waals surface area contributed by atoms with Gasteiger partial charge >= 0.3 is 0 Å². The van der Waals surface area contributed by atoms with Crippen LogP contribution in [0.25, 0.3) is 0 Å². The number of phenolic OH excluding ortho intramolecular Hbond substituents is 1. The minimum atomic E-state index is -0.0742. The summed E-state index contributed by atoms with van der Waals surface area (Å²) in [6, 6.07) is 34.9. The molecule has 2 N–H and O–H groups in total. The lowest BCUT2D eigenvalue weighted by atomic mass is 9.96. The Hall–Kier alpha value is -3.11. The van der Waals surface area contributed by atoms with Crippen LogP contribution in [0.4, 0.5) is 0 Å². The van der Waals surface area contributed by atoms with E-state index >= 15 is 0 Å². The minimum Gasteiger partial charge on any atom is -0.508 e. The molecule has 0 saturated heterocycles. The molecular weight excluding hydrogens is 452 g/mol. The summed E-state index contributed by atoms with van der Waals surface area (Å²) in [5.41, 5.74) is 5.76. The van der Waals surface area contributed by atoms with Crippen LogP contribution in [0.2, 0.25) is 5.02 Å². The average molecular weight is 485 g/mol. The van der Waals surface area contributed by atoms with Crippen LogP contribution in [-0.4, -0.2) is 29.6 Å². The molecule has 3 nitrogen and oxygen atoms in total. The first-order valence-electron chi connectivity index (χ1n) is 12.2. The van der Waals surface area contributed by atoms with Gasteiger partial charge in [-0.3, -0.25) is 4.90 Å². The van der Waals surface area contributed by atoms with Crippen molar-refractivity contribution in [3.63, 3.8) is 0 Å². The summed E-state index contributed by atoms with van der Waals surface area (Å²) in [6.07, 6.45) is 0. The fourth-order valence-electron chi connectivity index (χ4n) is 4.61. The predicted octanol–water partition coefficient (Wildman–Crippen LogP) is 7.14. The van der Waals surface area contributed by atoms with Crippen molar-refractivity contribution in [2.75, 3.05) is 19.6 Å². The highest BCUT2D eigenvalue weighted by molar-refractivity contribution is 6.30. The number of nitrogens with zero attached hydrogens (tertiary/aromatic N) is 1. The predicted molar refractivity (Wildman–Crippen MR) is 146 cm³/mol. The van der Waals surface area contributed by atoms with Gasteiger partial charge in [0, 0.05) is 23.7 Å². The van der Waals surface area contributed by atoms with Crippen LogP contribution in [0.1, 0.15) is 46.8 Å². The van der Waals surface area contributed by atoms with Gasteiger partial charge in [0.05, 0.1) is 12.1 Å². The van der Waals surface area contributed by atoms with Crippen molar-refractivity contribution < 1.29 is 5.11 Å². The van der Waals surface area contributed by atoms with Crippen LogP contribution in [0.15, 0.2) is 103 Å². The van der Waals surface area contributed by atoms with Crippen molar-refractivity contribution in [1.82, 2.24) is 10.2 Å². The van der Waals surface area contributed by atoms with E-state index in [1.165, 1.54) is 16.7 Å². The van der Waals surface area contributed by atoms with Crippen molar-refractivity contribution >= 4 is 11.6 Å². The minimum absolute atomic E-state index is 0.0742. The normalized spacial score (nSPS) is 13.0. The first-order chi connectivity index (χ1) is 17.1. The van der Waals surface area contributed by atoms with Crippen LogP contribution in [-0.2, 0) is 0 Å². The van der Waals surface area contributed by atoms with Crippen LogP contribution >= 0.6 is 11.6 Å². The first-order valence-corrected chi connectivity index (χ1v) is 12.6. The number of rotatable bonds is 10. The van der Waals surface area contributed by atoms with Crippen molar-refractivity contribution in [2.45, 2.75) is 25.9 Å². The van der Waals surface area contributed by atoms with Crippen LogP contribution < -0.4 is 5.32 Å². The van der Waals surface area contributed by atoms with E-state index in [0.29, 0.717) is 10.8 Å². The Kier molecular flexibility index (Phi) is 8.59. The highest BCUT2D eigenvalue weighted by Gasteiger charge is 2.24. The molecule has 2 atom stereocenters. The maximum absolute atomic E-state index is 10.7. The number of nitrogens with one attached hydrogen (secondary N) is 1. The summed E-state index contributed by atoms with van der Waals surface area (Å²) in [7, 11) is 0. The molecule has 0 amide bonds. The van der Waals surface area contributed by atoms with Gasteiger partial charge in [-0.2, -0.15) is 0 Å². The Morgan fingerprint density at radius 3 is 2.03 bits per heavy atom. The molecule has 0 fully saturated rings. The van der Waals surface area contributed by atoms with E-state index < -0.39 is 0 Å². The van der Waals surface area contributed by atoms with E-state index in [9.17, 15) is 5.11 Å². The topological polar surface area (TPSA) is 35.5 Å². The Labute approximate surface area is 214 Å². The second-order valence-electron chi connectivity index (χ2n) is 8.85. The summed E-state index contributed by atoms with van der Waals surface area (Å²) in [6.45, 7) is 6.72. The summed E-state index contributed by atoms with van der Waals surface area (Å²) < 4.78 is 0. The summed E-state index contributed by atoms with van der Waals surface area (Å²) in [4.78, 5) is 2.39. The van der Waals surface area contributed by atoms with E-state index in [0.717, 1.165) is 30.8 Å². The fourth-order valence-corrected chi connectivity index (χ4v) is 4.73. The number of halogens is 1. The molecule has 0 radical (unpaired) electrons. The molecule has 4 rings (SSSR count). The molecule has 0 saturated carbocycles. The largest absolute Gasteiger partial charge is 0.508 e. The second kappa shape index (κ2) is 12.0. The zero-order valence-electron chi connectivity index (χ0n) is 20.4. The van der Waals surface area contributed by atoms with Gasteiger partial charge in [0.1, 0.15) is 5.75 Å². The SMILES string of the molecule is CCN(CCNC(c1ccccc1)c1ccc(C)cc1)C(c1ccc(Cl)cc1)c1ccccc1O. The highest BCUT2D eigenvalue weighted by atomic mass is 35.5. The molecule has 0 aliphatic heterocycles. The van der Waals surface area contributed by atoms with E-state index in [1.807, 2.05) is 30.3 Å². The second-order valence-corrected chi connectivity index (χ2v) is 9.29. The van der Waals surface area contributed by atoms with Crippen molar-refractivity contribution in [2.24, 2.45) is 0 Å². The molecule has 4 aromatic carbocycles. The molecule has 0 spiro atoms. The Morgan fingerprint density at radius 2 is 1.37 bits per heavy atom. The summed E-state index contributed by atoms with van der Waals surface area (Å²) >= 11 is 6.18. The molecule has 4 aromatic rings. The monoisotopic (exact) mass is 484 g/mol. The van der Waals surface area contributed by atoms with Crippen LogP contribution in [0.5, 0.6) is 5.75 Å². The van der Waals surface area contributed by atoms with Gasteiger partial charge in [-0.1, -0.05) is 109 Å². The van der Waals surface area contributed by atoms with Gasteiger partial charge in [-0.15, -0.1) is 0 Å². The Morgan fingerprint density at radius 1 is 0.771 bits per heavy atom. The number of hydrogen-bond acceptors (Lipinski definition) is 3. The zero-order chi connectivity index (χ0) is 24.6. The summed E-state index contributed by atoms with van der Waals surface area (Å²) in [5.74, 6) is 0.306. The molecule has 0 aromatic heterocycles. The van der Waals surface area contributed by atoms with Gasteiger partial charge in [-0.25, -0.2) is 0 Å². The number of aromatic hydroxyl groups is 1. The van der Waals surface area contributed by atoms with Crippen LogP contribution in [0, 0.1) is 6.92 Å². The lowest BCUT2D eigenvalue weighted by Gasteiger charge is -2.33. The van der Waals surface area contributed by atoms with Gasteiger partial charge in [0.25, 0.3) is 0 Å². The van der Waals surface area contributed by atoms with Crippen molar-refractivity contribution in [3.8, 4) is 5.75 Å². The number of hydrogen-bond donors (Lipinski definition) is 2. The van der Waals surface area contributed by atoms with Gasteiger partial charge in [-0.05, 0) is 48.4 Å². The maximum Gasteiger partial charge on any atom is 0.120 e. The van der Waals surface area contributed by atoms with E-state index in [2.05, 4.69) is 90.8 Å². The Balaban J connectivity index is 1.57. The van der Waals surface area contributed by atoms with Gasteiger partial charge in [0.15, 0.2) is 0 Å². The Bertz CT molecular complexity index is 1190. The zero-order valence-corrected chi connectivity index (χ0v) is 21.1. The third-order valence-electron chi connectivity index (χ3n) is 6.48. The van der Waals surface area contributed by atoms with E-state index in [-0.39, 0.29) is 12.1 Å². The molecule has 180 valence electrons. The van der Waals surface area contributed by atoms with Crippen molar-refractivity contribution in [3.05, 3.63) is 136 Å². The van der Waals surface area contributed by atoms with Crippen LogP contribution in [0.3, 0.4) is 0 Å².